The van der Waals surface area contributed by atoms with Gasteiger partial charge in [0.05, 0.1) is 5.33 Å². The third kappa shape index (κ3) is 3.78. The van der Waals surface area contributed by atoms with Crippen molar-refractivity contribution >= 4 is 27.6 Å². The summed E-state index contributed by atoms with van der Waals surface area (Å²) in [6, 6.07) is 16.3. The second kappa shape index (κ2) is 7.01. The molecule has 1 N–H and O–H groups in total. The molecule has 0 saturated carbocycles. The maximum Gasteiger partial charge on any atom is 0.251 e. The van der Waals surface area contributed by atoms with Crippen molar-refractivity contribution < 1.29 is 9.59 Å². The average Bonchev–Trinajstić information content (AvgIpc) is 2.53. The van der Waals surface area contributed by atoms with Gasteiger partial charge in [0.15, 0.2) is 5.78 Å². The Morgan fingerprint density at radius 1 is 0.900 bits per heavy atom. The molecule has 1 amide bonds. The lowest BCUT2D eigenvalue weighted by molar-refractivity contribution is 0.0949. The topological polar surface area (TPSA) is 46.2 Å². The van der Waals surface area contributed by atoms with Gasteiger partial charge in [-0.3, -0.25) is 9.59 Å². The molecule has 0 fully saturated rings. The highest BCUT2D eigenvalue weighted by Gasteiger charge is 2.05. The molecule has 0 aliphatic rings. The molecule has 0 saturated heterocycles. The molecule has 3 nitrogen and oxygen atoms in total. The van der Waals surface area contributed by atoms with E-state index < -0.39 is 0 Å². The highest BCUT2D eigenvalue weighted by Crippen LogP contribution is 2.07. The first-order valence-electron chi connectivity index (χ1n) is 6.22. The van der Waals surface area contributed by atoms with Crippen molar-refractivity contribution in [3.8, 4) is 0 Å². The predicted octanol–water partition coefficient (Wildman–Crippen LogP) is 3.19. The molecule has 102 valence electrons. The first-order valence-corrected chi connectivity index (χ1v) is 7.34. The standard InChI is InChI=1S/C16H14BrNO2/c17-10-15(19)13-8-6-12(7-9-13)11-18-16(20)14-4-2-1-3-5-14/h1-9H,10-11H2,(H,18,20). The number of benzene rings is 2. The van der Waals surface area contributed by atoms with Gasteiger partial charge in [0.1, 0.15) is 0 Å². The fourth-order valence-corrected chi connectivity index (χ4v) is 2.08. The van der Waals surface area contributed by atoms with E-state index in [-0.39, 0.29) is 11.7 Å². The lowest BCUT2D eigenvalue weighted by Gasteiger charge is -2.06. The Morgan fingerprint density at radius 3 is 2.15 bits per heavy atom. The maximum atomic E-state index is 11.9. The average molecular weight is 332 g/mol. The fourth-order valence-electron chi connectivity index (χ4n) is 1.76. The first-order chi connectivity index (χ1) is 9.70. The van der Waals surface area contributed by atoms with Crippen molar-refractivity contribution in [2.24, 2.45) is 0 Å². The third-order valence-electron chi connectivity index (χ3n) is 2.89. The quantitative estimate of drug-likeness (QED) is 0.675. The van der Waals surface area contributed by atoms with Crippen LogP contribution in [0.25, 0.3) is 0 Å². The summed E-state index contributed by atoms with van der Waals surface area (Å²) in [5.41, 5.74) is 2.26. The van der Waals surface area contributed by atoms with Crippen LogP contribution in [0, 0.1) is 0 Å². The second-order valence-electron chi connectivity index (χ2n) is 4.30. The summed E-state index contributed by atoms with van der Waals surface area (Å²) >= 11 is 3.14. The number of carbonyl (C=O) groups excluding carboxylic acids is 2. The Balaban J connectivity index is 1.94. The minimum absolute atomic E-state index is 0.0462. The minimum Gasteiger partial charge on any atom is -0.348 e. The van der Waals surface area contributed by atoms with E-state index >= 15 is 0 Å². The van der Waals surface area contributed by atoms with Gasteiger partial charge in [-0.2, -0.15) is 0 Å². The maximum absolute atomic E-state index is 11.9. The molecule has 0 aliphatic carbocycles. The Labute approximate surface area is 126 Å². The molecule has 0 aliphatic heterocycles. The van der Waals surface area contributed by atoms with Crippen LogP contribution < -0.4 is 5.32 Å². The molecule has 0 heterocycles. The zero-order valence-electron chi connectivity index (χ0n) is 10.8. The van der Waals surface area contributed by atoms with Gasteiger partial charge >= 0.3 is 0 Å². The lowest BCUT2D eigenvalue weighted by atomic mass is 10.1. The third-order valence-corrected chi connectivity index (χ3v) is 3.40. The van der Waals surface area contributed by atoms with Gasteiger partial charge in [0.25, 0.3) is 5.91 Å². The van der Waals surface area contributed by atoms with Gasteiger partial charge in [-0.25, -0.2) is 0 Å². The Hall–Kier alpha value is -1.94. The number of nitrogens with one attached hydrogen (secondary N) is 1. The number of hydrogen-bond acceptors (Lipinski definition) is 2. The molecule has 4 heteroatoms. The SMILES string of the molecule is O=C(CBr)c1ccc(CNC(=O)c2ccccc2)cc1. The van der Waals surface area contributed by atoms with Crippen LogP contribution >= 0.6 is 15.9 Å². The van der Waals surface area contributed by atoms with E-state index in [9.17, 15) is 9.59 Å². The van der Waals surface area contributed by atoms with E-state index in [4.69, 9.17) is 0 Å². The number of alkyl halides is 1. The Kier molecular flexibility index (Phi) is 5.07. The van der Waals surface area contributed by atoms with Crippen molar-refractivity contribution in [2.75, 3.05) is 5.33 Å². The molecule has 20 heavy (non-hydrogen) atoms. The summed E-state index contributed by atoms with van der Waals surface area (Å²) in [7, 11) is 0. The first kappa shape index (κ1) is 14.5. The molecular formula is C16H14BrNO2. The van der Waals surface area contributed by atoms with E-state index in [1.54, 1.807) is 24.3 Å². The summed E-state index contributed by atoms with van der Waals surface area (Å²) in [4.78, 5) is 23.3. The zero-order valence-corrected chi connectivity index (χ0v) is 12.4. The molecule has 0 radical (unpaired) electrons. The molecule has 2 aromatic rings. The van der Waals surface area contributed by atoms with Crippen LogP contribution in [-0.4, -0.2) is 17.0 Å². The Bertz CT molecular complexity index is 594. The molecule has 2 rings (SSSR count). The van der Waals surface area contributed by atoms with Gasteiger partial charge in [-0.05, 0) is 17.7 Å². The predicted molar refractivity (Wildman–Crippen MR) is 82.2 cm³/mol. The van der Waals surface area contributed by atoms with Crippen LogP contribution in [0.3, 0.4) is 0 Å². The van der Waals surface area contributed by atoms with E-state index in [0.717, 1.165) is 5.56 Å². The van der Waals surface area contributed by atoms with E-state index in [2.05, 4.69) is 21.2 Å². The molecule has 0 spiro atoms. The van der Waals surface area contributed by atoms with Gasteiger partial charge in [0.2, 0.25) is 0 Å². The van der Waals surface area contributed by atoms with Crippen molar-refractivity contribution in [1.82, 2.24) is 5.32 Å². The monoisotopic (exact) mass is 331 g/mol. The lowest BCUT2D eigenvalue weighted by Crippen LogP contribution is -2.22. The van der Waals surface area contributed by atoms with Crippen LogP contribution in [-0.2, 0) is 6.54 Å². The van der Waals surface area contributed by atoms with Crippen molar-refractivity contribution in [3.63, 3.8) is 0 Å². The van der Waals surface area contributed by atoms with Crippen LogP contribution in [0.15, 0.2) is 54.6 Å². The van der Waals surface area contributed by atoms with Gasteiger partial charge in [-0.15, -0.1) is 0 Å². The summed E-state index contributed by atoms with van der Waals surface area (Å²) < 4.78 is 0. The van der Waals surface area contributed by atoms with Crippen molar-refractivity contribution in [2.45, 2.75) is 6.54 Å². The summed E-state index contributed by atoms with van der Waals surface area (Å²) in [6.07, 6.45) is 0. The number of hydrogen-bond donors (Lipinski definition) is 1. The summed E-state index contributed by atoms with van der Waals surface area (Å²) in [5.74, 6) is -0.0592. The van der Waals surface area contributed by atoms with E-state index in [0.29, 0.717) is 23.0 Å². The molecule has 0 atom stereocenters. The number of halogens is 1. The second-order valence-corrected chi connectivity index (χ2v) is 4.86. The van der Waals surface area contributed by atoms with Gasteiger partial charge < -0.3 is 5.32 Å². The van der Waals surface area contributed by atoms with Crippen LogP contribution in [0.1, 0.15) is 26.3 Å². The number of Topliss-reactive ketones (excluding diaryl/α,β-unsaturated/α-hetero) is 1. The summed E-state index contributed by atoms with van der Waals surface area (Å²) in [6.45, 7) is 0.441. The Morgan fingerprint density at radius 2 is 1.55 bits per heavy atom. The van der Waals surface area contributed by atoms with Gasteiger partial charge in [0, 0.05) is 17.7 Å². The van der Waals surface area contributed by atoms with Crippen molar-refractivity contribution in [1.29, 1.82) is 0 Å². The number of carbonyl (C=O) groups is 2. The van der Waals surface area contributed by atoms with Gasteiger partial charge in [-0.1, -0.05) is 58.4 Å². The van der Waals surface area contributed by atoms with E-state index in [1.807, 2.05) is 30.3 Å². The molecule has 0 aromatic heterocycles. The van der Waals surface area contributed by atoms with Crippen LogP contribution in [0.2, 0.25) is 0 Å². The highest BCUT2D eigenvalue weighted by atomic mass is 79.9. The van der Waals surface area contributed by atoms with Crippen LogP contribution in [0.5, 0.6) is 0 Å². The molecule has 0 unspecified atom stereocenters. The summed E-state index contributed by atoms with van der Waals surface area (Å²) in [5, 5.41) is 3.16. The zero-order chi connectivity index (χ0) is 14.4. The number of ketones is 1. The van der Waals surface area contributed by atoms with E-state index in [1.165, 1.54) is 0 Å². The molecule has 2 aromatic carbocycles. The number of amides is 1. The highest BCUT2D eigenvalue weighted by molar-refractivity contribution is 9.09. The fraction of sp³-hybridized carbons (Fsp3) is 0.125. The molecular weight excluding hydrogens is 318 g/mol. The smallest absolute Gasteiger partial charge is 0.251 e. The minimum atomic E-state index is -0.105. The number of rotatable bonds is 5. The van der Waals surface area contributed by atoms with Crippen molar-refractivity contribution in [3.05, 3.63) is 71.3 Å². The molecule has 0 bridgehead atoms. The normalized spacial score (nSPS) is 10.1. The largest absolute Gasteiger partial charge is 0.348 e. The van der Waals surface area contributed by atoms with Crippen LogP contribution in [0.4, 0.5) is 0 Å².